The summed E-state index contributed by atoms with van der Waals surface area (Å²) in [6.45, 7) is 10.4. The molecule has 0 bridgehead atoms. The predicted octanol–water partition coefficient (Wildman–Crippen LogP) is 6.59. The van der Waals surface area contributed by atoms with Gasteiger partial charge in [-0.15, -0.1) is 0 Å². The molecule has 2 aromatic rings. The molecule has 21 heavy (non-hydrogen) atoms. The van der Waals surface area contributed by atoms with Gasteiger partial charge in [-0.2, -0.15) is 0 Å². The van der Waals surface area contributed by atoms with E-state index in [0.717, 1.165) is 5.92 Å². The number of aryl methyl sites for hydroxylation is 3. The molecule has 0 heteroatoms. The van der Waals surface area contributed by atoms with Crippen molar-refractivity contribution >= 4 is 0 Å². The first kappa shape index (κ1) is 17.5. The zero-order valence-corrected chi connectivity index (χ0v) is 14.3. The molecule has 0 N–H and O–H groups in total. The lowest BCUT2D eigenvalue weighted by molar-refractivity contribution is 0.419. The molecule has 1 fully saturated rings. The van der Waals surface area contributed by atoms with Gasteiger partial charge in [-0.1, -0.05) is 85.5 Å². The summed E-state index contributed by atoms with van der Waals surface area (Å²) >= 11 is 0. The first-order chi connectivity index (χ1) is 10.1. The van der Waals surface area contributed by atoms with Crippen LogP contribution in [0.15, 0.2) is 48.5 Å². The Morgan fingerprint density at radius 2 is 1.19 bits per heavy atom. The second kappa shape index (κ2) is 9.39. The Kier molecular flexibility index (Phi) is 7.82. The van der Waals surface area contributed by atoms with Gasteiger partial charge in [0.05, 0.1) is 0 Å². The first-order valence-electron chi connectivity index (χ1n) is 8.25. The summed E-state index contributed by atoms with van der Waals surface area (Å²) in [5.74, 6) is 0.884. The molecule has 0 aromatic heterocycles. The molecule has 0 aliphatic heterocycles. The van der Waals surface area contributed by atoms with Crippen LogP contribution in [0.5, 0.6) is 0 Å². The maximum atomic E-state index is 2.32. The van der Waals surface area contributed by atoms with Gasteiger partial charge in [-0.3, -0.25) is 0 Å². The molecule has 1 aliphatic carbocycles. The molecular weight excluding hydrogens is 252 g/mol. The Morgan fingerprint density at radius 1 is 0.714 bits per heavy atom. The van der Waals surface area contributed by atoms with Crippen molar-refractivity contribution in [3.05, 3.63) is 70.8 Å². The molecule has 0 amide bonds. The van der Waals surface area contributed by atoms with Crippen LogP contribution in [0, 0.1) is 20.8 Å². The van der Waals surface area contributed by atoms with Crippen molar-refractivity contribution in [1.82, 2.24) is 0 Å². The van der Waals surface area contributed by atoms with E-state index in [-0.39, 0.29) is 0 Å². The first-order valence-corrected chi connectivity index (χ1v) is 8.25. The van der Waals surface area contributed by atoms with Crippen molar-refractivity contribution in [3.8, 4) is 0 Å². The van der Waals surface area contributed by atoms with Crippen LogP contribution in [0.1, 0.15) is 61.3 Å². The minimum Gasteiger partial charge on any atom is -0.0683 e. The van der Waals surface area contributed by atoms with E-state index < -0.39 is 0 Å². The number of hydrogen-bond donors (Lipinski definition) is 0. The van der Waals surface area contributed by atoms with Gasteiger partial charge in [0.15, 0.2) is 0 Å². The quantitative estimate of drug-likeness (QED) is 0.553. The second-order valence-electron chi connectivity index (χ2n) is 5.70. The Balaban J connectivity index is 0.000000196. The van der Waals surface area contributed by atoms with Crippen LogP contribution in [0.2, 0.25) is 0 Å². The predicted molar refractivity (Wildman–Crippen MR) is 95.0 cm³/mol. The summed E-state index contributed by atoms with van der Waals surface area (Å²) < 4.78 is 0. The molecule has 0 radical (unpaired) electrons. The highest BCUT2D eigenvalue weighted by Crippen LogP contribution is 2.36. The van der Waals surface area contributed by atoms with E-state index in [1.54, 1.807) is 5.56 Å². The van der Waals surface area contributed by atoms with Gasteiger partial charge >= 0.3 is 0 Å². The third kappa shape index (κ3) is 6.16. The van der Waals surface area contributed by atoms with Crippen LogP contribution in [-0.2, 0) is 0 Å². The highest BCUT2D eigenvalue weighted by atomic mass is 14.2. The van der Waals surface area contributed by atoms with E-state index in [1.807, 2.05) is 13.8 Å². The second-order valence-corrected chi connectivity index (χ2v) is 5.70. The molecule has 1 aliphatic rings. The summed E-state index contributed by atoms with van der Waals surface area (Å²) in [5.41, 5.74) is 5.63. The van der Waals surface area contributed by atoms with Crippen molar-refractivity contribution in [1.29, 1.82) is 0 Å². The molecule has 0 unspecified atom stereocenters. The summed E-state index contributed by atoms with van der Waals surface area (Å²) in [5, 5.41) is 0. The van der Waals surface area contributed by atoms with Crippen LogP contribution in [0.4, 0.5) is 0 Å². The zero-order valence-electron chi connectivity index (χ0n) is 14.3. The van der Waals surface area contributed by atoms with Gasteiger partial charge in [0.25, 0.3) is 0 Å². The van der Waals surface area contributed by atoms with E-state index in [0.29, 0.717) is 0 Å². The summed E-state index contributed by atoms with van der Waals surface area (Å²) in [4.78, 5) is 0. The molecule has 2 aromatic carbocycles. The van der Waals surface area contributed by atoms with E-state index in [9.17, 15) is 0 Å². The van der Waals surface area contributed by atoms with Crippen molar-refractivity contribution < 1.29 is 0 Å². The van der Waals surface area contributed by atoms with Gasteiger partial charge in [0.1, 0.15) is 0 Å². The smallest absolute Gasteiger partial charge is 0.0162 e. The summed E-state index contributed by atoms with van der Waals surface area (Å²) in [6.07, 6.45) is 4.24. The maximum Gasteiger partial charge on any atom is -0.0162 e. The molecule has 0 nitrogen and oxygen atoms in total. The van der Waals surface area contributed by atoms with Crippen LogP contribution in [0.25, 0.3) is 0 Å². The van der Waals surface area contributed by atoms with Gasteiger partial charge in [0.2, 0.25) is 0 Å². The molecule has 1 saturated carbocycles. The van der Waals surface area contributed by atoms with E-state index in [4.69, 9.17) is 0 Å². The number of rotatable bonds is 1. The zero-order chi connectivity index (χ0) is 15.7. The highest BCUT2D eigenvalue weighted by molar-refractivity contribution is 5.26. The number of hydrogen-bond acceptors (Lipinski definition) is 0. The SMILES string of the molecule is CC.Cc1cccc(C)c1.Cc1cccc(C2CCC2)c1. The summed E-state index contributed by atoms with van der Waals surface area (Å²) in [6, 6.07) is 17.4. The van der Waals surface area contributed by atoms with Crippen LogP contribution in [-0.4, -0.2) is 0 Å². The van der Waals surface area contributed by atoms with Gasteiger partial charge in [0, 0.05) is 0 Å². The minimum atomic E-state index is 0.884. The fourth-order valence-electron chi connectivity index (χ4n) is 2.47. The lowest BCUT2D eigenvalue weighted by atomic mass is 9.80. The van der Waals surface area contributed by atoms with Crippen LogP contribution < -0.4 is 0 Å². The van der Waals surface area contributed by atoms with Crippen LogP contribution >= 0.6 is 0 Å². The largest absolute Gasteiger partial charge is 0.0683 e. The molecule has 114 valence electrons. The lowest BCUT2D eigenvalue weighted by Gasteiger charge is -2.25. The van der Waals surface area contributed by atoms with Crippen molar-refractivity contribution in [2.45, 2.75) is 59.8 Å². The Hall–Kier alpha value is -1.56. The standard InChI is InChI=1S/C11H14.C8H10.C2H6/c1-9-4-2-7-11(8-9)10-5-3-6-10;1-7-4-3-5-8(2)6-7;1-2/h2,4,7-8,10H,3,5-6H2,1H3;3-6H,1-2H3;1-2H3. The van der Waals surface area contributed by atoms with Gasteiger partial charge in [-0.25, -0.2) is 0 Å². The lowest BCUT2D eigenvalue weighted by Crippen LogP contribution is -2.08. The van der Waals surface area contributed by atoms with Gasteiger partial charge in [-0.05, 0) is 45.1 Å². The maximum absolute atomic E-state index is 2.32. The third-order valence-corrected chi connectivity index (χ3v) is 3.79. The van der Waals surface area contributed by atoms with E-state index in [1.165, 1.54) is 36.0 Å². The fourth-order valence-corrected chi connectivity index (χ4v) is 2.47. The average molecular weight is 282 g/mol. The van der Waals surface area contributed by atoms with E-state index in [2.05, 4.69) is 69.3 Å². The third-order valence-electron chi connectivity index (χ3n) is 3.79. The molecule has 0 atom stereocenters. The van der Waals surface area contributed by atoms with Crippen molar-refractivity contribution in [2.75, 3.05) is 0 Å². The average Bonchev–Trinajstić information content (AvgIpc) is 2.39. The molecule has 0 heterocycles. The molecule has 0 saturated heterocycles. The summed E-state index contributed by atoms with van der Waals surface area (Å²) in [7, 11) is 0. The Bertz CT molecular complexity index is 504. The topological polar surface area (TPSA) is 0 Å². The minimum absolute atomic E-state index is 0.884. The fraction of sp³-hybridized carbons (Fsp3) is 0.429. The molecule has 0 spiro atoms. The monoisotopic (exact) mass is 282 g/mol. The van der Waals surface area contributed by atoms with Gasteiger partial charge < -0.3 is 0 Å². The Labute approximate surface area is 131 Å². The Morgan fingerprint density at radius 3 is 1.52 bits per heavy atom. The van der Waals surface area contributed by atoms with Crippen molar-refractivity contribution in [2.24, 2.45) is 0 Å². The normalized spacial score (nSPS) is 13.2. The molecule has 3 rings (SSSR count). The van der Waals surface area contributed by atoms with E-state index >= 15 is 0 Å². The highest BCUT2D eigenvalue weighted by Gasteiger charge is 2.18. The molecular formula is C21H30. The number of benzene rings is 2. The van der Waals surface area contributed by atoms with Crippen molar-refractivity contribution in [3.63, 3.8) is 0 Å². The van der Waals surface area contributed by atoms with Crippen LogP contribution in [0.3, 0.4) is 0 Å².